The molecule has 1 fully saturated rings. The fourth-order valence-corrected chi connectivity index (χ4v) is 3.14. The van der Waals surface area contributed by atoms with Gasteiger partial charge in [0.1, 0.15) is 18.0 Å². The van der Waals surface area contributed by atoms with Crippen LogP contribution in [0.1, 0.15) is 22.5 Å². The van der Waals surface area contributed by atoms with E-state index in [0.717, 1.165) is 0 Å². The lowest BCUT2D eigenvalue weighted by molar-refractivity contribution is 0.0415. The van der Waals surface area contributed by atoms with Crippen LogP contribution in [0.5, 0.6) is 5.88 Å². The first-order valence-electron chi connectivity index (χ1n) is 7.53. The number of aliphatic hydroxyl groups is 1. The summed E-state index contributed by atoms with van der Waals surface area (Å²) < 4.78 is 20.1. The molecule has 0 saturated carbocycles. The van der Waals surface area contributed by atoms with E-state index in [0.29, 0.717) is 43.3 Å². The Hall–Kier alpha value is -2.41. The Balaban J connectivity index is 1.53. The average molecular weight is 317 g/mol. The number of nitrogens with zero attached hydrogens (tertiary/aromatic N) is 3. The first-order valence-corrected chi connectivity index (χ1v) is 7.53. The van der Waals surface area contributed by atoms with E-state index in [1.165, 1.54) is 12.1 Å². The maximum Gasteiger partial charge on any atom is 0.274 e. The van der Waals surface area contributed by atoms with Crippen LogP contribution in [-0.4, -0.2) is 45.4 Å². The summed E-state index contributed by atoms with van der Waals surface area (Å²) >= 11 is 0. The predicted molar refractivity (Wildman–Crippen MR) is 78.5 cm³/mol. The van der Waals surface area contributed by atoms with E-state index in [2.05, 4.69) is 5.10 Å². The van der Waals surface area contributed by atoms with Gasteiger partial charge in [0, 0.05) is 12.6 Å². The molecule has 0 radical (unpaired) electrons. The normalized spacial score (nSPS) is 23.0. The molecule has 1 aromatic carbocycles. The van der Waals surface area contributed by atoms with Crippen LogP contribution in [0.3, 0.4) is 0 Å². The number of ether oxygens (including phenoxy) is 1. The van der Waals surface area contributed by atoms with Crippen molar-refractivity contribution in [3.8, 4) is 5.88 Å². The molecule has 23 heavy (non-hydrogen) atoms. The first-order chi connectivity index (χ1) is 11.0. The number of halogens is 1. The Morgan fingerprint density at radius 2 is 2.09 bits per heavy atom. The van der Waals surface area contributed by atoms with Crippen molar-refractivity contribution in [2.24, 2.45) is 0 Å². The Labute approximate surface area is 132 Å². The molecule has 1 N–H and O–H groups in total. The van der Waals surface area contributed by atoms with Gasteiger partial charge in [0.05, 0.1) is 13.1 Å². The maximum absolute atomic E-state index is 13.0. The second-order valence-electron chi connectivity index (χ2n) is 5.95. The van der Waals surface area contributed by atoms with Crippen LogP contribution in [0.4, 0.5) is 4.39 Å². The average Bonchev–Trinajstić information content (AvgIpc) is 3.21. The standard InChI is InChI=1S/C16H16FN3O3/c17-12-3-1-11(2-4-12)16(22)5-6-19(10-16)15(21)13-9-14-20(18-13)7-8-23-14/h1-4,9,22H,5-8,10H2. The summed E-state index contributed by atoms with van der Waals surface area (Å²) in [6, 6.07) is 7.37. The number of hydrogen-bond acceptors (Lipinski definition) is 4. The zero-order valence-electron chi connectivity index (χ0n) is 12.4. The SMILES string of the molecule is O=C(c1cc2n(n1)CCO2)N1CCC(O)(c2ccc(F)cc2)C1. The molecule has 1 atom stereocenters. The number of fused-ring (bicyclic) bond motifs is 1. The Bertz CT molecular complexity index is 737. The lowest BCUT2D eigenvalue weighted by atomic mass is 9.93. The maximum atomic E-state index is 13.0. The molecule has 0 aliphatic carbocycles. The van der Waals surface area contributed by atoms with E-state index in [9.17, 15) is 14.3 Å². The molecule has 2 aliphatic heterocycles. The Morgan fingerprint density at radius 1 is 1.30 bits per heavy atom. The number of hydrogen-bond donors (Lipinski definition) is 1. The van der Waals surface area contributed by atoms with E-state index in [1.54, 1.807) is 27.8 Å². The van der Waals surface area contributed by atoms with Gasteiger partial charge in [-0.15, -0.1) is 0 Å². The van der Waals surface area contributed by atoms with Crippen LogP contribution in [0.25, 0.3) is 0 Å². The number of likely N-dealkylation sites (tertiary alicyclic amines) is 1. The molecule has 1 saturated heterocycles. The lowest BCUT2D eigenvalue weighted by Gasteiger charge is -2.23. The van der Waals surface area contributed by atoms with Crippen molar-refractivity contribution in [2.75, 3.05) is 19.7 Å². The highest BCUT2D eigenvalue weighted by Crippen LogP contribution is 2.33. The van der Waals surface area contributed by atoms with Gasteiger partial charge in [0.2, 0.25) is 5.88 Å². The molecular formula is C16H16FN3O3. The molecule has 1 aromatic heterocycles. The predicted octanol–water partition coefficient (Wildman–Crippen LogP) is 1.15. The number of benzene rings is 1. The molecule has 7 heteroatoms. The number of carbonyl (C=O) groups excluding carboxylic acids is 1. The van der Waals surface area contributed by atoms with Crippen molar-refractivity contribution in [2.45, 2.75) is 18.6 Å². The van der Waals surface area contributed by atoms with Gasteiger partial charge in [-0.3, -0.25) is 4.79 Å². The van der Waals surface area contributed by atoms with E-state index in [-0.39, 0.29) is 18.3 Å². The lowest BCUT2D eigenvalue weighted by Crippen LogP contribution is -2.34. The van der Waals surface area contributed by atoms with Gasteiger partial charge in [-0.1, -0.05) is 12.1 Å². The smallest absolute Gasteiger partial charge is 0.274 e. The second kappa shape index (κ2) is 5.06. The highest BCUT2D eigenvalue weighted by Gasteiger charge is 2.40. The fraction of sp³-hybridized carbons (Fsp3) is 0.375. The minimum absolute atomic E-state index is 0.167. The summed E-state index contributed by atoms with van der Waals surface area (Å²) in [5.41, 5.74) is -0.213. The van der Waals surface area contributed by atoms with Crippen LogP contribution >= 0.6 is 0 Å². The minimum atomic E-state index is -1.15. The molecule has 2 aliphatic rings. The van der Waals surface area contributed by atoms with Crippen molar-refractivity contribution in [3.63, 3.8) is 0 Å². The summed E-state index contributed by atoms with van der Waals surface area (Å²) in [5.74, 6) is 0.0192. The van der Waals surface area contributed by atoms with Gasteiger partial charge in [0.25, 0.3) is 5.91 Å². The van der Waals surface area contributed by atoms with Gasteiger partial charge >= 0.3 is 0 Å². The van der Waals surface area contributed by atoms with Crippen LogP contribution in [-0.2, 0) is 12.1 Å². The van der Waals surface area contributed by atoms with Crippen LogP contribution in [0, 0.1) is 5.82 Å². The summed E-state index contributed by atoms with van der Waals surface area (Å²) in [7, 11) is 0. The number of rotatable bonds is 2. The zero-order valence-corrected chi connectivity index (χ0v) is 12.4. The van der Waals surface area contributed by atoms with E-state index < -0.39 is 5.60 Å². The highest BCUT2D eigenvalue weighted by molar-refractivity contribution is 5.93. The Morgan fingerprint density at radius 3 is 2.83 bits per heavy atom. The molecule has 3 heterocycles. The third kappa shape index (κ3) is 2.37. The Kier molecular flexibility index (Phi) is 3.12. The third-order valence-corrected chi connectivity index (χ3v) is 4.43. The zero-order chi connectivity index (χ0) is 16.0. The van der Waals surface area contributed by atoms with E-state index in [1.807, 2.05) is 0 Å². The van der Waals surface area contributed by atoms with Gasteiger partial charge in [-0.25, -0.2) is 9.07 Å². The molecular weight excluding hydrogens is 301 g/mol. The summed E-state index contributed by atoms with van der Waals surface area (Å²) in [5, 5.41) is 15.0. The van der Waals surface area contributed by atoms with Crippen molar-refractivity contribution >= 4 is 5.91 Å². The number of aromatic nitrogens is 2. The molecule has 6 nitrogen and oxygen atoms in total. The highest BCUT2D eigenvalue weighted by atomic mass is 19.1. The number of amides is 1. The van der Waals surface area contributed by atoms with Crippen molar-refractivity contribution < 1.29 is 19.0 Å². The van der Waals surface area contributed by atoms with Crippen molar-refractivity contribution in [1.29, 1.82) is 0 Å². The fourth-order valence-electron chi connectivity index (χ4n) is 3.14. The molecule has 2 aromatic rings. The monoisotopic (exact) mass is 317 g/mol. The van der Waals surface area contributed by atoms with Crippen LogP contribution in [0.15, 0.2) is 30.3 Å². The number of carbonyl (C=O) groups is 1. The minimum Gasteiger partial charge on any atom is -0.476 e. The van der Waals surface area contributed by atoms with Gasteiger partial charge < -0.3 is 14.7 Å². The van der Waals surface area contributed by atoms with E-state index >= 15 is 0 Å². The van der Waals surface area contributed by atoms with Gasteiger partial charge in [0.15, 0.2) is 5.69 Å². The number of β-amino-alcohol motifs (C(OH)–C–C–N with tert-alkyl or cyclic N) is 1. The first kappa shape index (κ1) is 14.2. The molecule has 0 spiro atoms. The van der Waals surface area contributed by atoms with Gasteiger partial charge in [-0.2, -0.15) is 5.10 Å². The summed E-state index contributed by atoms with van der Waals surface area (Å²) in [6.45, 7) is 1.81. The van der Waals surface area contributed by atoms with Crippen LogP contribution < -0.4 is 4.74 Å². The molecule has 0 bridgehead atoms. The molecule has 120 valence electrons. The molecule has 1 unspecified atom stereocenters. The summed E-state index contributed by atoms with van der Waals surface area (Å²) in [6.07, 6.45) is 0.411. The molecule has 4 rings (SSSR count). The second-order valence-corrected chi connectivity index (χ2v) is 5.95. The third-order valence-electron chi connectivity index (χ3n) is 4.43. The van der Waals surface area contributed by atoms with Crippen molar-refractivity contribution in [1.82, 2.24) is 14.7 Å². The van der Waals surface area contributed by atoms with E-state index in [4.69, 9.17) is 4.74 Å². The largest absolute Gasteiger partial charge is 0.476 e. The molecule has 1 amide bonds. The summed E-state index contributed by atoms with van der Waals surface area (Å²) in [4.78, 5) is 14.1. The van der Waals surface area contributed by atoms with Crippen molar-refractivity contribution in [3.05, 3.63) is 47.4 Å². The quantitative estimate of drug-likeness (QED) is 0.902. The van der Waals surface area contributed by atoms with Gasteiger partial charge in [-0.05, 0) is 24.1 Å². The van der Waals surface area contributed by atoms with Crippen LogP contribution in [0.2, 0.25) is 0 Å². The topological polar surface area (TPSA) is 67.6 Å².